The molecule has 0 bridgehead atoms. The molecule has 3 heterocycles. The van der Waals surface area contributed by atoms with E-state index in [1.807, 2.05) is 17.0 Å². The van der Waals surface area contributed by atoms with Crippen molar-refractivity contribution in [2.24, 2.45) is 5.92 Å². The van der Waals surface area contributed by atoms with Crippen LogP contribution in [0, 0.1) is 5.92 Å². The number of hydrogen-bond acceptors (Lipinski definition) is 7. The lowest BCUT2D eigenvalue weighted by Gasteiger charge is -2.42. The van der Waals surface area contributed by atoms with E-state index in [0.717, 1.165) is 24.1 Å². The largest absolute Gasteiger partial charge is 0.465 e. The number of halogens is 1. The number of H-pyrrole nitrogens is 1. The van der Waals surface area contributed by atoms with E-state index in [1.165, 1.54) is 11.0 Å². The molecule has 2 amide bonds. The van der Waals surface area contributed by atoms with Crippen LogP contribution in [-0.4, -0.2) is 73.7 Å². The number of benzene rings is 2. The van der Waals surface area contributed by atoms with Crippen LogP contribution >= 0.6 is 11.6 Å². The molecule has 0 spiro atoms. The van der Waals surface area contributed by atoms with Crippen LogP contribution in [0.25, 0.3) is 23.0 Å². The van der Waals surface area contributed by atoms with Gasteiger partial charge in [0.15, 0.2) is 8.32 Å². The first kappa shape index (κ1) is 33.0. The summed E-state index contributed by atoms with van der Waals surface area (Å²) in [7, 11) is -2.06. The second-order valence-corrected chi connectivity index (χ2v) is 18.2. The Kier molecular flexibility index (Phi) is 9.75. The van der Waals surface area contributed by atoms with Crippen LogP contribution in [0.3, 0.4) is 0 Å². The van der Waals surface area contributed by atoms with Gasteiger partial charge in [-0.1, -0.05) is 44.5 Å². The fourth-order valence-corrected chi connectivity index (χ4v) is 6.53. The van der Waals surface area contributed by atoms with Gasteiger partial charge in [0.25, 0.3) is 0 Å². The molecule has 2 aromatic heterocycles. The van der Waals surface area contributed by atoms with Crippen LogP contribution in [0.2, 0.25) is 23.2 Å². The zero-order valence-corrected chi connectivity index (χ0v) is 28.3. The van der Waals surface area contributed by atoms with Gasteiger partial charge in [-0.15, -0.1) is 5.10 Å². The standard InChI is InChI=1S/C32H39ClN8O4Si/c1-32(2,3)46(4,5)45-19-23-7-6-16-40(28(42)15-10-22-17-24(33)11-14-27(22)41-20-35-38-39-41)29(23)30-34-18-26(37-30)21-8-12-25(13-9-21)36-31(43)44/h8-15,17-18,20,23,29,36H,6-7,16,19H2,1-5H3,(H,34,37)(H,43,44)/t23-,29-/m0/s1. The number of carbonyl (C=O) groups excluding carboxylic acids is 1. The van der Waals surface area contributed by atoms with E-state index < -0.39 is 14.4 Å². The van der Waals surface area contributed by atoms with Gasteiger partial charge in [-0.2, -0.15) is 4.68 Å². The second kappa shape index (κ2) is 13.6. The van der Waals surface area contributed by atoms with E-state index in [2.05, 4.69) is 59.7 Å². The van der Waals surface area contributed by atoms with Crippen LogP contribution in [0.15, 0.2) is 61.1 Å². The van der Waals surface area contributed by atoms with Gasteiger partial charge in [-0.25, -0.2) is 9.78 Å². The highest BCUT2D eigenvalue weighted by Gasteiger charge is 2.41. The molecule has 1 saturated heterocycles. The Morgan fingerprint density at radius 1 is 1.20 bits per heavy atom. The topological polar surface area (TPSA) is 151 Å². The van der Waals surface area contributed by atoms with Crippen molar-refractivity contribution >= 4 is 43.7 Å². The molecule has 3 N–H and O–H groups in total. The lowest BCUT2D eigenvalue weighted by molar-refractivity contribution is -0.132. The highest BCUT2D eigenvalue weighted by molar-refractivity contribution is 6.74. The van der Waals surface area contributed by atoms with E-state index in [-0.39, 0.29) is 22.9 Å². The van der Waals surface area contributed by atoms with E-state index >= 15 is 0 Å². The average molecular weight is 663 g/mol. The van der Waals surface area contributed by atoms with E-state index in [9.17, 15) is 9.59 Å². The van der Waals surface area contributed by atoms with Crippen LogP contribution in [-0.2, 0) is 9.22 Å². The van der Waals surface area contributed by atoms with Crippen LogP contribution < -0.4 is 5.32 Å². The number of rotatable bonds is 9. The number of imidazole rings is 1. The number of nitrogens with zero attached hydrogens (tertiary/aromatic N) is 6. The number of hydrogen-bond donors (Lipinski definition) is 3. The number of likely N-dealkylation sites (tertiary alicyclic amines) is 1. The van der Waals surface area contributed by atoms with Gasteiger partial charge in [0, 0.05) is 41.4 Å². The molecule has 12 nitrogen and oxygen atoms in total. The maximum atomic E-state index is 14.0. The van der Waals surface area contributed by atoms with Crippen LogP contribution in [0.1, 0.15) is 51.0 Å². The summed E-state index contributed by atoms with van der Waals surface area (Å²) in [5, 5.41) is 23.4. The zero-order chi connectivity index (χ0) is 33.1. The molecule has 0 saturated carbocycles. The molecule has 242 valence electrons. The summed E-state index contributed by atoms with van der Waals surface area (Å²) in [5.41, 5.74) is 3.46. The Balaban J connectivity index is 1.45. The van der Waals surface area contributed by atoms with E-state index in [0.29, 0.717) is 40.9 Å². The van der Waals surface area contributed by atoms with Crippen molar-refractivity contribution in [1.82, 2.24) is 35.1 Å². The van der Waals surface area contributed by atoms with Gasteiger partial charge in [-0.05, 0) is 83.4 Å². The van der Waals surface area contributed by atoms with Crippen molar-refractivity contribution in [3.8, 4) is 16.9 Å². The normalized spacial score (nSPS) is 17.4. The minimum Gasteiger partial charge on any atom is -0.465 e. The van der Waals surface area contributed by atoms with Crippen molar-refractivity contribution in [3.63, 3.8) is 0 Å². The molecule has 0 radical (unpaired) electrons. The number of aromatic amines is 1. The molecule has 1 aliphatic heterocycles. The third-order valence-electron chi connectivity index (χ3n) is 8.82. The fourth-order valence-electron chi connectivity index (χ4n) is 5.29. The Morgan fingerprint density at radius 2 is 1.96 bits per heavy atom. The lowest BCUT2D eigenvalue weighted by Crippen LogP contribution is -2.47. The summed E-state index contributed by atoms with van der Waals surface area (Å²) < 4.78 is 8.22. The van der Waals surface area contributed by atoms with Gasteiger partial charge in [-0.3, -0.25) is 10.1 Å². The van der Waals surface area contributed by atoms with E-state index in [1.54, 1.807) is 48.7 Å². The fraction of sp³-hybridized carbons (Fsp3) is 0.375. The van der Waals surface area contributed by atoms with Crippen LogP contribution in [0.5, 0.6) is 0 Å². The monoisotopic (exact) mass is 662 g/mol. The summed E-state index contributed by atoms with van der Waals surface area (Å²) in [6.07, 6.45) is 7.12. The number of piperidine rings is 1. The van der Waals surface area contributed by atoms with E-state index in [4.69, 9.17) is 26.1 Å². The maximum absolute atomic E-state index is 14.0. The Bertz CT molecular complexity index is 1700. The molecule has 2 atom stereocenters. The second-order valence-electron chi connectivity index (χ2n) is 12.9. The number of aromatic nitrogens is 6. The SMILES string of the molecule is CC(C)(C)[Si](C)(C)OC[C@@H]1CCCN(C(=O)C=Cc2cc(Cl)ccc2-n2cnnn2)[C@@H]1c1ncc(-c2ccc(NC(=O)O)cc2)[nH]1. The number of anilines is 1. The van der Waals surface area contributed by atoms with Gasteiger partial charge >= 0.3 is 6.09 Å². The third-order valence-corrected chi connectivity index (χ3v) is 13.6. The molecule has 1 aliphatic rings. The molecule has 0 aliphatic carbocycles. The molecular formula is C32H39ClN8O4Si. The molecule has 1 fully saturated rings. The van der Waals surface area contributed by atoms with Gasteiger partial charge in [0.1, 0.15) is 12.2 Å². The summed E-state index contributed by atoms with van der Waals surface area (Å²) in [6, 6.07) is 12.0. The Hall–Kier alpha value is -4.33. The number of carbonyl (C=O) groups is 2. The summed E-state index contributed by atoms with van der Waals surface area (Å²) in [4.78, 5) is 35.1. The highest BCUT2D eigenvalue weighted by Crippen LogP contribution is 2.40. The predicted molar refractivity (Wildman–Crippen MR) is 179 cm³/mol. The summed E-state index contributed by atoms with van der Waals surface area (Å²) >= 11 is 6.31. The molecule has 14 heteroatoms. The summed E-state index contributed by atoms with van der Waals surface area (Å²) in [5.74, 6) is 0.529. The number of nitrogens with one attached hydrogen (secondary N) is 2. The van der Waals surface area contributed by atoms with Crippen molar-refractivity contribution < 1.29 is 19.1 Å². The smallest absolute Gasteiger partial charge is 0.409 e. The van der Waals surface area contributed by atoms with Gasteiger partial charge < -0.3 is 19.4 Å². The average Bonchev–Trinajstić information content (AvgIpc) is 3.72. The molecule has 4 aromatic rings. The Morgan fingerprint density at radius 3 is 2.63 bits per heavy atom. The van der Waals surface area contributed by atoms with Gasteiger partial charge in [0.05, 0.1) is 23.6 Å². The lowest BCUT2D eigenvalue weighted by atomic mass is 9.89. The first-order chi connectivity index (χ1) is 21.8. The molecule has 0 unspecified atom stereocenters. The van der Waals surface area contributed by atoms with Crippen molar-refractivity contribution in [1.29, 1.82) is 0 Å². The molecule has 2 aromatic carbocycles. The zero-order valence-electron chi connectivity index (χ0n) is 26.6. The quantitative estimate of drug-likeness (QED) is 0.131. The highest BCUT2D eigenvalue weighted by atomic mass is 35.5. The van der Waals surface area contributed by atoms with Crippen molar-refractivity contribution in [3.05, 3.63) is 77.5 Å². The minimum absolute atomic E-state index is 0.0179. The first-order valence-corrected chi connectivity index (χ1v) is 18.4. The third kappa shape index (κ3) is 7.54. The molecule has 5 rings (SSSR count). The number of amides is 2. The van der Waals surface area contributed by atoms with Crippen molar-refractivity contribution in [2.45, 2.75) is 57.8 Å². The number of tetrazole rings is 1. The maximum Gasteiger partial charge on any atom is 0.409 e. The summed E-state index contributed by atoms with van der Waals surface area (Å²) in [6.45, 7) is 12.2. The number of carboxylic acid groups (broad SMARTS) is 1. The van der Waals surface area contributed by atoms with Gasteiger partial charge in [0.2, 0.25) is 5.91 Å². The predicted octanol–water partition coefficient (Wildman–Crippen LogP) is 6.81. The van der Waals surface area contributed by atoms with Crippen LogP contribution in [0.4, 0.5) is 10.5 Å². The van der Waals surface area contributed by atoms with Crippen molar-refractivity contribution in [2.75, 3.05) is 18.5 Å². The molecular weight excluding hydrogens is 624 g/mol. The molecule has 46 heavy (non-hydrogen) atoms. The minimum atomic E-state index is -2.06. The first-order valence-electron chi connectivity index (χ1n) is 15.1. The Labute approximate surface area is 274 Å².